The van der Waals surface area contributed by atoms with Gasteiger partial charge in [-0.25, -0.2) is 4.39 Å². The van der Waals surface area contributed by atoms with Gasteiger partial charge in [0.25, 0.3) is 0 Å². The number of ketones is 1. The molecular formula is C12H9BrClFO2. The zero-order valence-electron chi connectivity index (χ0n) is 9.02. The summed E-state index contributed by atoms with van der Waals surface area (Å²) in [7, 11) is 0. The first kappa shape index (κ1) is 12.6. The van der Waals surface area contributed by atoms with Crippen molar-refractivity contribution < 1.29 is 13.6 Å². The van der Waals surface area contributed by atoms with Crippen LogP contribution in [0.25, 0.3) is 11.0 Å². The molecule has 1 aromatic heterocycles. The number of benzene rings is 1. The zero-order chi connectivity index (χ0) is 12.6. The van der Waals surface area contributed by atoms with Crippen LogP contribution in [0.5, 0.6) is 0 Å². The molecule has 0 aliphatic carbocycles. The van der Waals surface area contributed by atoms with E-state index in [4.69, 9.17) is 16.0 Å². The van der Waals surface area contributed by atoms with Crippen LogP contribution in [0.2, 0.25) is 5.02 Å². The van der Waals surface area contributed by atoms with Crippen molar-refractivity contribution in [3.05, 3.63) is 33.2 Å². The summed E-state index contributed by atoms with van der Waals surface area (Å²) in [5.41, 5.74) is 0.311. The average Bonchev–Trinajstić information content (AvgIpc) is 2.72. The Kier molecular flexibility index (Phi) is 3.54. The van der Waals surface area contributed by atoms with Gasteiger partial charge >= 0.3 is 0 Å². The fourth-order valence-electron chi connectivity index (χ4n) is 1.59. The summed E-state index contributed by atoms with van der Waals surface area (Å²) in [4.78, 5) is 11.7. The summed E-state index contributed by atoms with van der Waals surface area (Å²) < 4.78 is 19.6. The Morgan fingerprint density at radius 1 is 1.53 bits per heavy atom. The normalized spacial score (nSPS) is 11.1. The molecule has 0 atom stereocenters. The van der Waals surface area contributed by atoms with Gasteiger partial charge in [-0.1, -0.05) is 18.5 Å². The summed E-state index contributed by atoms with van der Waals surface area (Å²) in [5, 5.41) is 0.225. The lowest BCUT2D eigenvalue weighted by atomic mass is 10.2. The molecule has 0 unspecified atom stereocenters. The average molecular weight is 320 g/mol. The van der Waals surface area contributed by atoms with Crippen LogP contribution in [-0.4, -0.2) is 5.78 Å². The molecule has 2 nitrogen and oxygen atoms in total. The van der Waals surface area contributed by atoms with E-state index < -0.39 is 5.82 Å². The first-order chi connectivity index (χ1) is 8.04. The molecule has 17 heavy (non-hydrogen) atoms. The van der Waals surface area contributed by atoms with E-state index >= 15 is 0 Å². The van der Waals surface area contributed by atoms with Gasteiger partial charge < -0.3 is 4.42 Å². The first-order valence-corrected chi connectivity index (χ1v) is 6.32. The van der Waals surface area contributed by atoms with Crippen LogP contribution in [-0.2, 0) is 0 Å². The van der Waals surface area contributed by atoms with Crippen molar-refractivity contribution in [1.82, 2.24) is 0 Å². The van der Waals surface area contributed by atoms with Crippen LogP contribution in [0.15, 0.2) is 21.0 Å². The number of fused-ring (bicyclic) bond motifs is 1. The van der Waals surface area contributed by atoms with E-state index in [-0.39, 0.29) is 22.0 Å². The highest BCUT2D eigenvalue weighted by atomic mass is 79.9. The lowest BCUT2D eigenvalue weighted by Gasteiger charge is -1.97. The van der Waals surface area contributed by atoms with Gasteiger partial charge in [0.1, 0.15) is 0 Å². The Morgan fingerprint density at radius 3 is 2.88 bits per heavy atom. The number of carbonyl (C=O) groups is 1. The summed E-state index contributed by atoms with van der Waals surface area (Å²) in [6.45, 7) is 1.90. The minimum Gasteiger partial charge on any atom is -0.452 e. The number of rotatable bonds is 3. The Bertz CT molecular complexity index is 592. The number of carbonyl (C=O) groups excluding carboxylic acids is 1. The van der Waals surface area contributed by atoms with Gasteiger partial charge in [0.15, 0.2) is 22.9 Å². The van der Waals surface area contributed by atoms with Crippen LogP contribution >= 0.6 is 27.5 Å². The molecule has 0 spiro atoms. The second kappa shape index (κ2) is 4.78. The third-order valence-corrected chi connectivity index (χ3v) is 3.26. The van der Waals surface area contributed by atoms with Gasteiger partial charge in [0.05, 0.1) is 14.9 Å². The van der Waals surface area contributed by atoms with E-state index in [1.807, 2.05) is 6.92 Å². The van der Waals surface area contributed by atoms with Crippen molar-refractivity contribution in [1.29, 1.82) is 0 Å². The molecule has 1 aromatic carbocycles. The molecule has 90 valence electrons. The number of furan rings is 1. The molecular weight excluding hydrogens is 310 g/mol. The van der Waals surface area contributed by atoms with E-state index in [9.17, 15) is 9.18 Å². The van der Waals surface area contributed by atoms with Gasteiger partial charge in [-0.2, -0.15) is 0 Å². The predicted octanol–water partition coefficient (Wildman–Crippen LogP) is 4.97. The van der Waals surface area contributed by atoms with Crippen LogP contribution < -0.4 is 0 Å². The Morgan fingerprint density at radius 2 is 2.24 bits per heavy atom. The molecule has 0 aliphatic heterocycles. The quantitative estimate of drug-likeness (QED) is 0.590. The smallest absolute Gasteiger partial charge is 0.198 e. The number of halogens is 3. The maximum Gasteiger partial charge on any atom is 0.198 e. The molecule has 0 radical (unpaired) electrons. The summed E-state index contributed by atoms with van der Waals surface area (Å²) in [5.74, 6) is -0.529. The van der Waals surface area contributed by atoms with Crippen LogP contribution in [0.1, 0.15) is 30.3 Å². The Balaban J connectivity index is 2.61. The Labute approximate surface area is 111 Å². The zero-order valence-corrected chi connectivity index (χ0v) is 11.4. The van der Waals surface area contributed by atoms with E-state index in [0.29, 0.717) is 16.5 Å². The second-order valence-electron chi connectivity index (χ2n) is 3.68. The number of hydrogen-bond acceptors (Lipinski definition) is 2. The number of hydrogen-bond donors (Lipinski definition) is 0. The molecule has 0 amide bonds. The predicted molar refractivity (Wildman–Crippen MR) is 68.1 cm³/mol. The largest absolute Gasteiger partial charge is 0.452 e. The van der Waals surface area contributed by atoms with Gasteiger partial charge in [0.2, 0.25) is 0 Å². The molecule has 2 rings (SSSR count). The molecule has 2 aromatic rings. The third-order valence-electron chi connectivity index (χ3n) is 2.40. The molecule has 5 heteroatoms. The van der Waals surface area contributed by atoms with E-state index in [0.717, 1.165) is 6.42 Å². The van der Waals surface area contributed by atoms with Crippen molar-refractivity contribution in [2.45, 2.75) is 19.8 Å². The highest BCUT2D eigenvalue weighted by molar-refractivity contribution is 9.10. The van der Waals surface area contributed by atoms with Crippen LogP contribution in [0.4, 0.5) is 4.39 Å². The Hall–Kier alpha value is -0.870. The van der Waals surface area contributed by atoms with Crippen LogP contribution in [0.3, 0.4) is 0 Å². The summed E-state index contributed by atoms with van der Waals surface area (Å²) >= 11 is 8.94. The fourth-order valence-corrected chi connectivity index (χ4v) is 2.45. The van der Waals surface area contributed by atoms with Gasteiger partial charge in [-0.3, -0.25) is 4.79 Å². The fraction of sp³-hybridized carbons (Fsp3) is 0.250. The highest BCUT2D eigenvalue weighted by Crippen LogP contribution is 2.34. The monoisotopic (exact) mass is 318 g/mol. The molecule has 0 aliphatic rings. The topological polar surface area (TPSA) is 30.2 Å². The molecule has 0 saturated heterocycles. The summed E-state index contributed by atoms with van der Waals surface area (Å²) in [6, 6.07) is 2.82. The van der Waals surface area contributed by atoms with Crippen molar-refractivity contribution in [2.24, 2.45) is 0 Å². The molecule has 0 saturated carbocycles. The van der Waals surface area contributed by atoms with Crippen molar-refractivity contribution in [2.75, 3.05) is 0 Å². The SMILES string of the molecule is CCCC(=O)c1cc2c(F)c(Cl)cc(Br)c2o1. The molecule has 1 heterocycles. The van der Waals surface area contributed by atoms with Crippen molar-refractivity contribution in [3.63, 3.8) is 0 Å². The van der Waals surface area contributed by atoms with E-state index in [1.54, 1.807) is 0 Å². The first-order valence-electron chi connectivity index (χ1n) is 5.14. The summed E-state index contributed by atoms with van der Waals surface area (Å²) in [6.07, 6.45) is 1.10. The van der Waals surface area contributed by atoms with Gasteiger partial charge in [-0.05, 0) is 34.5 Å². The maximum absolute atomic E-state index is 13.7. The minimum atomic E-state index is -0.566. The standard InChI is InChI=1S/C12H9BrClFO2/c1-2-3-9(16)10-4-6-11(15)8(14)5-7(13)12(6)17-10/h4-5H,2-3H2,1H3. The minimum absolute atomic E-state index is 0.000310. The molecule has 0 N–H and O–H groups in total. The van der Waals surface area contributed by atoms with E-state index in [1.165, 1.54) is 12.1 Å². The third kappa shape index (κ3) is 2.24. The number of Topliss-reactive ketones (excluding diaryl/α,β-unsaturated/α-hetero) is 1. The molecule has 0 bridgehead atoms. The van der Waals surface area contributed by atoms with Crippen molar-refractivity contribution >= 4 is 44.3 Å². The van der Waals surface area contributed by atoms with Crippen molar-refractivity contribution in [3.8, 4) is 0 Å². The van der Waals surface area contributed by atoms with Crippen LogP contribution in [0, 0.1) is 5.82 Å². The van der Waals surface area contributed by atoms with E-state index in [2.05, 4.69) is 15.9 Å². The van der Waals surface area contributed by atoms with Gasteiger partial charge in [-0.15, -0.1) is 0 Å². The second-order valence-corrected chi connectivity index (χ2v) is 4.94. The molecule has 0 fully saturated rings. The maximum atomic E-state index is 13.7. The van der Waals surface area contributed by atoms with Gasteiger partial charge in [0, 0.05) is 6.42 Å². The lowest BCUT2D eigenvalue weighted by Crippen LogP contribution is -1.94. The lowest BCUT2D eigenvalue weighted by molar-refractivity contribution is 0.0957. The highest BCUT2D eigenvalue weighted by Gasteiger charge is 2.18.